The quantitative estimate of drug-likeness (QED) is 0.647. The molecule has 0 bridgehead atoms. The van der Waals surface area contributed by atoms with Gasteiger partial charge in [0.1, 0.15) is 0 Å². The van der Waals surface area contributed by atoms with Crippen LogP contribution in [0.2, 0.25) is 0 Å². The minimum Gasteiger partial charge on any atom is -0.368 e. The molecule has 4 rings (SSSR count). The summed E-state index contributed by atoms with van der Waals surface area (Å²) in [7, 11) is 0. The number of hydrogen-bond donors (Lipinski definition) is 1. The molecular weight excluding hydrogens is 398 g/mol. The topological polar surface area (TPSA) is 28.2 Å². The Morgan fingerprint density at radius 2 is 1.76 bits per heavy atom. The van der Waals surface area contributed by atoms with Crippen molar-refractivity contribution in [1.29, 1.82) is 0 Å². The highest BCUT2D eigenvalue weighted by molar-refractivity contribution is 9.10. The van der Waals surface area contributed by atoms with Crippen molar-refractivity contribution in [2.75, 3.05) is 31.1 Å². The zero-order chi connectivity index (χ0) is 16.5. The molecule has 0 spiro atoms. The normalized spacial score (nSPS) is 14.4. The number of anilines is 1. The Balaban J connectivity index is 0.00000182. The van der Waals surface area contributed by atoms with Gasteiger partial charge in [0, 0.05) is 47.3 Å². The molecule has 0 saturated carbocycles. The predicted octanol–water partition coefficient (Wildman–Crippen LogP) is 4.80. The van der Waals surface area contributed by atoms with E-state index in [0.29, 0.717) is 0 Å². The first-order chi connectivity index (χ1) is 11.7. The van der Waals surface area contributed by atoms with Crippen molar-refractivity contribution in [2.45, 2.75) is 6.92 Å². The molecule has 0 atom stereocenters. The van der Waals surface area contributed by atoms with Crippen molar-refractivity contribution in [2.24, 2.45) is 0 Å². The van der Waals surface area contributed by atoms with Crippen LogP contribution in [0.25, 0.3) is 22.2 Å². The molecule has 2 heterocycles. The summed E-state index contributed by atoms with van der Waals surface area (Å²) >= 11 is 3.65. The minimum atomic E-state index is 0. The molecule has 1 N–H and O–H groups in total. The third-order valence-electron chi connectivity index (χ3n) is 4.57. The summed E-state index contributed by atoms with van der Waals surface area (Å²) < 4.78 is 1.11. The van der Waals surface area contributed by atoms with Crippen LogP contribution >= 0.6 is 28.3 Å². The van der Waals surface area contributed by atoms with Crippen molar-refractivity contribution in [3.8, 4) is 11.3 Å². The lowest BCUT2D eigenvalue weighted by molar-refractivity contribution is 0.590. The molecule has 0 amide bonds. The van der Waals surface area contributed by atoms with E-state index in [1.54, 1.807) is 0 Å². The first-order valence-corrected chi connectivity index (χ1v) is 9.14. The van der Waals surface area contributed by atoms with Gasteiger partial charge in [-0.1, -0.05) is 46.3 Å². The Labute approximate surface area is 163 Å². The molecule has 130 valence electrons. The molecular formula is C20H21BrClN3. The number of pyridine rings is 1. The van der Waals surface area contributed by atoms with Crippen LogP contribution in [0.3, 0.4) is 0 Å². The molecule has 2 aromatic carbocycles. The number of halogens is 2. The highest BCUT2D eigenvalue weighted by atomic mass is 79.9. The Bertz CT molecular complexity index is 877. The average molecular weight is 419 g/mol. The van der Waals surface area contributed by atoms with E-state index in [9.17, 15) is 0 Å². The van der Waals surface area contributed by atoms with Crippen LogP contribution in [-0.4, -0.2) is 31.2 Å². The average Bonchev–Trinajstić information content (AvgIpc) is 2.62. The van der Waals surface area contributed by atoms with Crippen LogP contribution in [0.1, 0.15) is 5.56 Å². The Morgan fingerprint density at radius 1 is 1.04 bits per heavy atom. The zero-order valence-electron chi connectivity index (χ0n) is 14.1. The van der Waals surface area contributed by atoms with Crippen LogP contribution in [0.4, 0.5) is 5.69 Å². The maximum atomic E-state index is 4.98. The second-order valence-corrected chi connectivity index (χ2v) is 7.16. The molecule has 5 heteroatoms. The first kappa shape index (κ1) is 18.2. The van der Waals surface area contributed by atoms with Crippen LogP contribution in [-0.2, 0) is 0 Å². The summed E-state index contributed by atoms with van der Waals surface area (Å²) in [6.45, 7) is 6.24. The largest absolute Gasteiger partial charge is 0.368 e. The van der Waals surface area contributed by atoms with E-state index < -0.39 is 0 Å². The predicted molar refractivity (Wildman–Crippen MR) is 112 cm³/mol. The fraction of sp³-hybridized carbons (Fsp3) is 0.250. The molecule has 1 aliphatic heterocycles. The van der Waals surface area contributed by atoms with Crippen LogP contribution < -0.4 is 10.2 Å². The molecule has 3 aromatic rings. The maximum Gasteiger partial charge on any atom is 0.0760 e. The maximum absolute atomic E-state index is 4.98. The minimum absolute atomic E-state index is 0. The van der Waals surface area contributed by atoms with E-state index in [1.165, 1.54) is 16.6 Å². The van der Waals surface area contributed by atoms with Gasteiger partial charge in [-0.05, 0) is 30.7 Å². The molecule has 25 heavy (non-hydrogen) atoms. The third-order valence-corrected chi connectivity index (χ3v) is 5.03. The number of fused-ring (bicyclic) bond motifs is 1. The number of hydrogen-bond acceptors (Lipinski definition) is 3. The lowest BCUT2D eigenvalue weighted by atomic mass is 10.0. The smallest absolute Gasteiger partial charge is 0.0760 e. The number of nitrogens with one attached hydrogen (secondary N) is 1. The van der Waals surface area contributed by atoms with E-state index in [1.807, 2.05) is 6.07 Å². The van der Waals surface area contributed by atoms with Crippen LogP contribution in [0.15, 0.2) is 53.0 Å². The van der Waals surface area contributed by atoms with Gasteiger partial charge in [0.05, 0.1) is 11.2 Å². The van der Waals surface area contributed by atoms with Gasteiger partial charge in [-0.2, -0.15) is 0 Å². The lowest BCUT2D eigenvalue weighted by Crippen LogP contribution is -2.43. The molecule has 1 fully saturated rings. The number of aromatic nitrogens is 1. The standard InChI is InChI=1S/C20H20BrN3.ClH/c1-14-11-16(21)12-17-19(24-9-7-22-8-10-24)13-18(23-20(14)17)15-5-3-2-4-6-15;/h2-6,11-13,22H,7-10H2,1H3;1H. The third kappa shape index (κ3) is 3.66. The fourth-order valence-electron chi connectivity index (χ4n) is 3.36. The van der Waals surface area contributed by atoms with Gasteiger partial charge in [0.25, 0.3) is 0 Å². The van der Waals surface area contributed by atoms with Gasteiger partial charge in [-0.15, -0.1) is 12.4 Å². The first-order valence-electron chi connectivity index (χ1n) is 8.34. The van der Waals surface area contributed by atoms with Gasteiger partial charge in [0.2, 0.25) is 0 Å². The fourth-order valence-corrected chi connectivity index (χ4v) is 3.94. The monoisotopic (exact) mass is 417 g/mol. The molecule has 0 radical (unpaired) electrons. The lowest BCUT2D eigenvalue weighted by Gasteiger charge is -2.31. The van der Waals surface area contributed by atoms with Gasteiger partial charge in [-0.3, -0.25) is 0 Å². The van der Waals surface area contributed by atoms with E-state index in [-0.39, 0.29) is 12.4 Å². The SMILES string of the molecule is Cc1cc(Br)cc2c(N3CCNCC3)cc(-c3ccccc3)nc12.Cl. The molecule has 1 aliphatic rings. The summed E-state index contributed by atoms with van der Waals surface area (Å²) in [5.41, 5.74) is 5.78. The molecule has 1 aromatic heterocycles. The van der Waals surface area contributed by atoms with Gasteiger partial charge >= 0.3 is 0 Å². The second kappa shape index (κ2) is 7.73. The Morgan fingerprint density at radius 3 is 2.48 bits per heavy atom. The summed E-state index contributed by atoms with van der Waals surface area (Å²) in [6.07, 6.45) is 0. The molecule has 3 nitrogen and oxygen atoms in total. The van der Waals surface area contributed by atoms with Crippen molar-refractivity contribution in [3.05, 3.63) is 58.6 Å². The van der Waals surface area contributed by atoms with Crippen molar-refractivity contribution in [3.63, 3.8) is 0 Å². The highest BCUT2D eigenvalue weighted by Gasteiger charge is 2.17. The highest BCUT2D eigenvalue weighted by Crippen LogP contribution is 2.34. The van der Waals surface area contributed by atoms with Gasteiger partial charge in [0.15, 0.2) is 0 Å². The summed E-state index contributed by atoms with van der Waals surface area (Å²) in [5, 5.41) is 4.66. The van der Waals surface area contributed by atoms with Gasteiger partial charge < -0.3 is 10.2 Å². The second-order valence-electron chi connectivity index (χ2n) is 6.25. The van der Waals surface area contributed by atoms with Crippen LogP contribution in [0.5, 0.6) is 0 Å². The number of benzene rings is 2. The summed E-state index contributed by atoms with van der Waals surface area (Å²) in [5.74, 6) is 0. The van der Waals surface area contributed by atoms with E-state index in [4.69, 9.17) is 4.98 Å². The van der Waals surface area contributed by atoms with Crippen LogP contribution in [0, 0.1) is 6.92 Å². The Kier molecular flexibility index (Phi) is 5.62. The van der Waals surface area contributed by atoms with Gasteiger partial charge in [-0.25, -0.2) is 4.98 Å². The molecule has 0 unspecified atom stereocenters. The van der Waals surface area contributed by atoms with E-state index in [0.717, 1.165) is 47.4 Å². The zero-order valence-corrected chi connectivity index (χ0v) is 16.5. The number of piperazine rings is 1. The Hall–Kier alpha value is -1.62. The van der Waals surface area contributed by atoms with Crippen molar-refractivity contribution < 1.29 is 0 Å². The number of aryl methyl sites for hydroxylation is 1. The summed E-state index contributed by atoms with van der Waals surface area (Å²) in [4.78, 5) is 7.45. The molecule has 0 aliphatic carbocycles. The van der Waals surface area contributed by atoms with E-state index in [2.05, 4.69) is 75.5 Å². The summed E-state index contributed by atoms with van der Waals surface area (Å²) in [6, 6.07) is 17.0. The number of nitrogens with zero attached hydrogens (tertiary/aromatic N) is 2. The van der Waals surface area contributed by atoms with Crippen molar-refractivity contribution >= 4 is 44.9 Å². The molecule has 1 saturated heterocycles. The van der Waals surface area contributed by atoms with Crippen molar-refractivity contribution in [1.82, 2.24) is 10.3 Å². The number of rotatable bonds is 2. The van der Waals surface area contributed by atoms with E-state index >= 15 is 0 Å².